The van der Waals surface area contributed by atoms with Crippen molar-refractivity contribution in [2.24, 2.45) is 0 Å². The van der Waals surface area contributed by atoms with Crippen LogP contribution in [0.1, 0.15) is 19.8 Å². The molecule has 0 aromatic rings. The molecule has 0 radical (unpaired) electrons. The van der Waals surface area contributed by atoms with E-state index in [1.165, 1.54) is 0 Å². The van der Waals surface area contributed by atoms with Crippen molar-refractivity contribution < 1.29 is 39.8 Å². The van der Waals surface area contributed by atoms with E-state index in [-0.39, 0.29) is 29.6 Å². The number of unbranched alkanes of at least 4 members (excludes halogenated alkanes) is 1. The van der Waals surface area contributed by atoms with Crippen LogP contribution in [0.5, 0.6) is 0 Å². The molecular formula is C5H13NaO2. The quantitative estimate of drug-likeness (QED) is 0.397. The minimum atomic E-state index is 0. The summed E-state index contributed by atoms with van der Waals surface area (Å²) in [6, 6.07) is 0. The fourth-order valence-corrected chi connectivity index (χ4v) is 0.158. The maximum atomic E-state index is 8.25. The van der Waals surface area contributed by atoms with Gasteiger partial charge in [-0.3, -0.25) is 0 Å². The second-order valence-corrected chi connectivity index (χ2v) is 1.08. The maximum absolute atomic E-state index is 8.25. The Morgan fingerprint density at radius 2 is 1.75 bits per heavy atom. The van der Waals surface area contributed by atoms with Crippen molar-refractivity contribution >= 4 is 0 Å². The first-order valence-electron chi connectivity index (χ1n) is 2.43. The Morgan fingerprint density at radius 3 is 1.75 bits per heavy atom. The Morgan fingerprint density at radius 1 is 1.38 bits per heavy atom. The molecule has 8 heavy (non-hydrogen) atoms. The molecule has 46 valence electrons. The molecule has 0 saturated carbocycles. The van der Waals surface area contributed by atoms with Crippen LogP contribution in [0, 0.1) is 0 Å². The smallest absolute Gasteiger partial charge is 0.857 e. The van der Waals surface area contributed by atoms with Crippen LogP contribution in [0.15, 0.2) is 0 Å². The number of aliphatic hydroxyl groups is 1. The van der Waals surface area contributed by atoms with E-state index in [1.54, 1.807) is 0 Å². The van der Waals surface area contributed by atoms with Gasteiger partial charge in [-0.15, -0.1) is 0 Å². The van der Waals surface area contributed by atoms with Crippen LogP contribution in [0.4, 0.5) is 0 Å². The van der Waals surface area contributed by atoms with Gasteiger partial charge in [0.15, 0.2) is 0 Å². The van der Waals surface area contributed by atoms with E-state index in [2.05, 4.69) is 6.92 Å². The summed E-state index contributed by atoms with van der Waals surface area (Å²) in [4.78, 5) is 0. The van der Waals surface area contributed by atoms with Gasteiger partial charge in [-0.05, 0) is 6.42 Å². The summed E-state index contributed by atoms with van der Waals surface area (Å²) in [5, 5.41) is 16.3. The normalized spacial score (nSPS) is 6.00. The van der Waals surface area contributed by atoms with Gasteiger partial charge in [0, 0.05) is 6.61 Å². The molecule has 2 nitrogen and oxygen atoms in total. The molecule has 0 saturated heterocycles. The molecule has 0 fully saturated rings. The first-order valence-corrected chi connectivity index (χ1v) is 2.43. The SMILES string of the molecule is CCCCO.C[O-].[Na+]. The zero-order valence-electron chi connectivity index (χ0n) is 5.98. The van der Waals surface area contributed by atoms with Gasteiger partial charge in [0.2, 0.25) is 0 Å². The molecule has 0 heterocycles. The Labute approximate surface area is 73.2 Å². The molecule has 0 rings (SSSR count). The van der Waals surface area contributed by atoms with Gasteiger partial charge in [0.1, 0.15) is 0 Å². The van der Waals surface area contributed by atoms with Crippen molar-refractivity contribution in [1.82, 2.24) is 0 Å². The number of hydrogen-bond donors (Lipinski definition) is 1. The number of hydrogen-bond acceptors (Lipinski definition) is 2. The van der Waals surface area contributed by atoms with Crippen LogP contribution in [-0.2, 0) is 0 Å². The minimum absolute atomic E-state index is 0. The first-order chi connectivity index (χ1) is 3.41. The van der Waals surface area contributed by atoms with E-state index >= 15 is 0 Å². The van der Waals surface area contributed by atoms with Crippen molar-refractivity contribution in [3.63, 3.8) is 0 Å². The topological polar surface area (TPSA) is 43.3 Å². The largest absolute Gasteiger partial charge is 1.00 e. The molecule has 0 aliphatic rings. The molecule has 0 bridgehead atoms. The molecule has 0 aliphatic carbocycles. The molecule has 0 amide bonds. The number of rotatable bonds is 2. The van der Waals surface area contributed by atoms with Gasteiger partial charge < -0.3 is 10.2 Å². The zero-order chi connectivity index (χ0) is 6.12. The van der Waals surface area contributed by atoms with Gasteiger partial charge in [-0.1, -0.05) is 13.3 Å². The summed E-state index contributed by atoms with van der Waals surface area (Å²) in [6.07, 6.45) is 2.04. The van der Waals surface area contributed by atoms with Crippen molar-refractivity contribution in [1.29, 1.82) is 0 Å². The summed E-state index contributed by atoms with van der Waals surface area (Å²) < 4.78 is 0. The predicted molar refractivity (Wildman–Crippen MR) is 27.9 cm³/mol. The first kappa shape index (κ1) is 16.0. The molecule has 0 aliphatic heterocycles. The molecule has 0 unspecified atom stereocenters. The maximum Gasteiger partial charge on any atom is 1.00 e. The van der Waals surface area contributed by atoms with Crippen LogP contribution in [0.2, 0.25) is 0 Å². The van der Waals surface area contributed by atoms with E-state index in [4.69, 9.17) is 10.2 Å². The zero-order valence-corrected chi connectivity index (χ0v) is 7.98. The number of aliphatic hydroxyl groups excluding tert-OH is 1. The summed E-state index contributed by atoms with van der Waals surface area (Å²) in [6.45, 7) is 2.40. The third-order valence-electron chi connectivity index (χ3n) is 0.512. The van der Waals surface area contributed by atoms with Crippen LogP contribution < -0.4 is 34.7 Å². The van der Waals surface area contributed by atoms with Crippen molar-refractivity contribution in [3.05, 3.63) is 0 Å². The molecule has 0 atom stereocenters. The monoisotopic (exact) mass is 128 g/mol. The van der Waals surface area contributed by atoms with Gasteiger partial charge in [-0.2, -0.15) is 7.11 Å². The molecule has 3 heteroatoms. The van der Waals surface area contributed by atoms with E-state index in [0.29, 0.717) is 6.61 Å². The average Bonchev–Trinajstić information content (AvgIpc) is 1.75. The van der Waals surface area contributed by atoms with E-state index in [9.17, 15) is 0 Å². The summed E-state index contributed by atoms with van der Waals surface area (Å²) in [7, 11) is 0.750. The van der Waals surface area contributed by atoms with E-state index < -0.39 is 0 Å². The van der Waals surface area contributed by atoms with Gasteiger partial charge >= 0.3 is 29.6 Å². The third-order valence-corrected chi connectivity index (χ3v) is 0.512. The Balaban J connectivity index is -0.0000000750. The Bertz CT molecular complexity index is 17.9. The van der Waals surface area contributed by atoms with Crippen molar-refractivity contribution in [3.8, 4) is 0 Å². The van der Waals surface area contributed by atoms with Crippen LogP contribution in [0.3, 0.4) is 0 Å². The fourth-order valence-electron chi connectivity index (χ4n) is 0.158. The van der Waals surface area contributed by atoms with E-state index in [0.717, 1.165) is 20.0 Å². The molecular weight excluding hydrogens is 115 g/mol. The van der Waals surface area contributed by atoms with Crippen LogP contribution in [0.25, 0.3) is 0 Å². The Kier molecular flexibility index (Phi) is 49.3. The van der Waals surface area contributed by atoms with Gasteiger partial charge in [0.25, 0.3) is 0 Å². The van der Waals surface area contributed by atoms with Crippen LogP contribution >= 0.6 is 0 Å². The molecule has 0 aromatic heterocycles. The summed E-state index contributed by atoms with van der Waals surface area (Å²) in [5.74, 6) is 0. The minimum Gasteiger partial charge on any atom is -0.857 e. The molecule has 1 N–H and O–H groups in total. The van der Waals surface area contributed by atoms with Crippen molar-refractivity contribution in [2.75, 3.05) is 13.7 Å². The fraction of sp³-hybridized carbons (Fsp3) is 1.00. The third kappa shape index (κ3) is 28.4. The average molecular weight is 128 g/mol. The summed E-state index contributed by atoms with van der Waals surface area (Å²) in [5.41, 5.74) is 0. The van der Waals surface area contributed by atoms with Crippen LogP contribution in [-0.4, -0.2) is 18.8 Å². The summed E-state index contributed by atoms with van der Waals surface area (Å²) >= 11 is 0. The van der Waals surface area contributed by atoms with Gasteiger partial charge in [-0.25, -0.2) is 0 Å². The van der Waals surface area contributed by atoms with Crippen molar-refractivity contribution in [2.45, 2.75) is 19.8 Å². The molecule has 0 spiro atoms. The second-order valence-electron chi connectivity index (χ2n) is 1.08. The Hall–Kier alpha value is 0.920. The predicted octanol–water partition coefficient (Wildman–Crippen LogP) is -3.24. The van der Waals surface area contributed by atoms with E-state index in [1.807, 2.05) is 0 Å². The molecule has 0 aromatic carbocycles. The van der Waals surface area contributed by atoms with Gasteiger partial charge in [0.05, 0.1) is 0 Å². The second kappa shape index (κ2) is 24.7. The standard InChI is InChI=1S/C4H10O.CH3O.Na/c1-2-3-4-5;1-2;/h5H,2-4H2,1H3;1H3;/q;-1;+1.